The first-order valence-electron chi connectivity index (χ1n) is 10.8. The number of carbonyl (C=O) groups excluding carboxylic acids is 3. The molecule has 32 heavy (non-hydrogen) atoms. The largest absolute Gasteiger partial charge is 0.348 e. The van der Waals surface area contributed by atoms with E-state index in [-0.39, 0.29) is 30.2 Å². The molecule has 1 N–H and O–H groups in total. The fourth-order valence-electron chi connectivity index (χ4n) is 3.96. The predicted octanol–water partition coefficient (Wildman–Crippen LogP) is 2.63. The Labute approximate surface area is 187 Å². The number of aromatic nitrogens is 1. The van der Waals surface area contributed by atoms with E-state index >= 15 is 0 Å². The minimum atomic E-state index is -0.404. The molecule has 1 aliphatic rings. The topological polar surface area (TPSA) is 82.6 Å². The Morgan fingerprint density at radius 1 is 1.22 bits per heavy atom. The summed E-state index contributed by atoms with van der Waals surface area (Å²) in [5.41, 5.74) is 1.30. The second kappa shape index (κ2) is 10.8. The first-order valence-corrected chi connectivity index (χ1v) is 10.8. The van der Waals surface area contributed by atoms with Gasteiger partial charge >= 0.3 is 0 Å². The molecule has 2 heterocycles. The van der Waals surface area contributed by atoms with Crippen molar-refractivity contribution in [1.29, 1.82) is 0 Å². The Bertz CT molecular complexity index is 936. The van der Waals surface area contributed by atoms with Crippen LogP contribution in [0.25, 0.3) is 0 Å². The maximum Gasteiger partial charge on any atom is 0.251 e. The van der Waals surface area contributed by atoms with E-state index in [9.17, 15) is 18.8 Å². The van der Waals surface area contributed by atoms with Crippen LogP contribution in [0, 0.1) is 11.7 Å². The third kappa shape index (κ3) is 6.35. The monoisotopic (exact) mass is 440 g/mol. The predicted molar refractivity (Wildman–Crippen MR) is 118 cm³/mol. The average molecular weight is 441 g/mol. The number of hydrogen-bond acceptors (Lipinski definition) is 4. The summed E-state index contributed by atoms with van der Waals surface area (Å²) in [5.74, 6) is -1.30. The molecule has 2 aromatic rings. The zero-order valence-electron chi connectivity index (χ0n) is 18.5. The maximum absolute atomic E-state index is 13.1. The summed E-state index contributed by atoms with van der Waals surface area (Å²) in [4.78, 5) is 45.6. The minimum Gasteiger partial charge on any atom is -0.348 e. The van der Waals surface area contributed by atoms with Crippen molar-refractivity contribution < 1.29 is 18.8 Å². The molecule has 1 aromatic heterocycles. The molecule has 0 unspecified atom stereocenters. The molecule has 1 aromatic carbocycles. The lowest BCUT2D eigenvalue weighted by Crippen LogP contribution is -2.44. The van der Waals surface area contributed by atoms with E-state index in [0.29, 0.717) is 37.9 Å². The number of benzene rings is 1. The van der Waals surface area contributed by atoms with Gasteiger partial charge in [-0.05, 0) is 48.7 Å². The van der Waals surface area contributed by atoms with E-state index < -0.39 is 11.7 Å². The van der Waals surface area contributed by atoms with E-state index in [0.717, 1.165) is 5.56 Å². The second-order valence-electron chi connectivity index (χ2n) is 8.34. The quantitative estimate of drug-likeness (QED) is 0.775. The summed E-state index contributed by atoms with van der Waals surface area (Å²) in [6.45, 7) is 0.793. The summed E-state index contributed by atoms with van der Waals surface area (Å²) in [6.07, 6.45) is 5.46. The first kappa shape index (κ1) is 23.4. The number of carbonyl (C=O) groups is 3. The van der Waals surface area contributed by atoms with Crippen molar-refractivity contribution in [3.8, 4) is 0 Å². The average Bonchev–Trinajstić information content (AvgIpc) is 2.84. The number of amides is 3. The van der Waals surface area contributed by atoms with Crippen LogP contribution in [-0.4, -0.2) is 59.2 Å². The van der Waals surface area contributed by atoms with Crippen LogP contribution in [0.1, 0.15) is 41.6 Å². The molecule has 8 heteroatoms. The van der Waals surface area contributed by atoms with Crippen molar-refractivity contribution in [2.24, 2.45) is 5.92 Å². The molecular formula is C24H29FN4O3. The van der Waals surface area contributed by atoms with Crippen LogP contribution in [0.3, 0.4) is 0 Å². The van der Waals surface area contributed by atoms with Crippen molar-refractivity contribution in [2.75, 3.05) is 20.6 Å². The normalized spacial score (nSPS) is 19.5. The highest BCUT2D eigenvalue weighted by Crippen LogP contribution is 2.21. The molecule has 3 amide bonds. The number of hydrogen-bond donors (Lipinski definition) is 1. The summed E-state index contributed by atoms with van der Waals surface area (Å²) in [5, 5.41) is 2.94. The molecule has 0 bridgehead atoms. The smallest absolute Gasteiger partial charge is 0.251 e. The number of halogens is 1. The number of rotatable bonds is 5. The third-order valence-electron chi connectivity index (χ3n) is 5.76. The molecule has 7 nitrogen and oxygen atoms in total. The van der Waals surface area contributed by atoms with Crippen molar-refractivity contribution in [2.45, 2.75) is 38.3 Å². The van der Waals surface area contributed by atoms with Gasteiger partial charge in [0.2, 0.25) is 11.8 Å². The van der Waals surface area contributed by atoms with Crippen LogP contribution >= 0.6 is 0 Å². The van der Waals surface area contributed by atoms with Crippen LogP contribution in [0.15, 0.2) is 48.8 Å². The van der Waals surface area contributed by atoms with Gasteiger partial charge in [0.25, 0.3) is 5.91 Å². The molecule has 1 aliphatic heterocycles. The van der Waals surface area contributed by atoms with Crippen molar-refractivity contribution in [3.05, 3.63) is 65.7 Å². The van der Waals surface area contributed by atoms with E-state index in [2.05, 4.69) is 10.3 Å². The van der Waals surface area contributed by atoms with Gasteiger partial charge in [-0.3, -0.25) is 19.4 Å². The first-order chi connectivity index (χ1) is 15.3. The van der Waals surface area contributed by atoms with Crippen molar-refractivity contribution in [3.63, 3.8) is 0 Å². The Hall–Kier alpha value is -3.29. The fourth-order valence-corrected chi connectivity index (χ4v) is 3.96. The Balaban J connectivity index is 1.62. The third-order valence-corrected chi connectivity index (χ3v) is 5.76. The van der Waals surface area contributed by atoms with Crippen LogP contribution < -0.4 is 5.32 Å². The molecule has 0 radical (unpaired) electrons. The summed E-state index contributed by atoms with van der Waals surface area (Å²) < 4.78 is 13.1. The van der Waals surface area contributed by atoms with Gasteiger partial charge in [-0.1, -0.05) is 12.5 Å². The summed E-state index contributed by atoms with van der Waals surface area (Å²) >= 11 is 0. The van der Waals surface area contributed by atoms with Gasteiger partial charge in [0, 0.05) is 63.5 Å². The highest BCUT2D eigenvalue weighted by atomic mass is 19.1. The van der Waals surface area contributed by atoms with E-state index in [1.165, 1.54) is 24.3 Å². The molecule has 1 saturated heterocycles. The molecule has 170 valence electrons. The van der Waals surface area contributed by atoms with E-state index in [4.69, 9.17) is 0 Å². The molecule has 3 rings (SSSR count). The molecule has 2 atom stereocenters. The minimum absolute atomic E-state index is 0.0654. The van der Waals surface area contributed by atoms with Gasteiger partial charge in [-0.25, -0.2) is 4.39 Å². The molecular weight excluding hydrogens is 411 g/mol. The van der Waals surface area contributed by atoms with Gasteiger partial charge in [-0.15, -0.1) is 0 Å². The number of pyridine rings is 1. The SMILES string of the molecule is CN1C[C@H](NC(=O)c2ccc(F)cc2)CCC[C@@H](C(=O)N(C)Cc2cccnc2)CC1=O. The Morgan fingerprint density at radius 2 is 1.97 bits per heavy atom. The number of likely N-dealkylation sites (N-methyl/N-ethyl adjacent to an activating group) is 1. The highest BCUT2D eigenvalue weighted by molar-refractivity contribution is 5.94. The lowest BCUT2D eigenvalue weighted by atomic mass is 9.95. The van der Waals surface area contributed by atoms with Crippen LogP contribution in [0.2, 0.25) is 0 Å². The lowest BCUT2D eigenvalue weighted by molar-refractivity contribution is -0.140. The molecule has 0 aliphatic carbocycles. The van der Waals surface area contributed by atoms with Gasteiger partial charge < -0.3 is 15.1 Å². The van der Waals surface area contributed by atoms with Crippen molar-refractivity contribution in [1.82, 2.24) is 20.1 Å². The zero-order chi connectivity index (χ0) is 23.1. The number of nitrogens with zero attached hydrogens (tertiary/aromatic N) is 3. The van der Waals surface area contributed by atoms with Crippen LogP contribution in [0.4, 0.5) is 4.39 Å². The Morgan fingerprint density at radius 3 is 2.66 bits per heavy atom. The molecule has 1 fully saturated rings. The number of nitrogens with one attached hydrogen (secondary N) is 1. The van der Waals surface area contributed by atoms with Gasteiger partial charge in [0.15, 0.2) is 0 Å². The maximum atomic E-state index is 13.1. The molecule has 0 spiro atoms. The summed E-state index contributed by atoms with van der Waals surface area (Å²) in [6, 6.07) is 8.84. The van der Waals surface area contributed by atoms with Crippen LogP contribution in [-0.2, 0) is 16.1 Å². The van der Waals surface area contributed by atoms with Gasteiger partial charge in [0.05, 0.1) is 0 Å². The standard InChI is InChI=1S/C24H29FN4O3/c1-28-16-21(27-23(31)18-8-10-20(25)11-9-18)7-3-6-19(13-22(28)30)24(32)29(2)15-17-5-4-12-26-14-17/h4-5,8-12,14,19,21H,3,6-7,13,15-16H2,1-2H3,(H,27,31)/t19-,21-/m1/s1. The molecule has 0 saturated carbocycles. The van der Waals surface area contributed by atoms with E-state index in [1.807, 2.05) is 12.1 Å². The Kier molecular flexibility index (Phi) is 7.92. The zero-order valence-corrected chi connectivity index (χ0v) is 18.5. The summed E-state index contributed by atoms with van der Waals surface area (Å²) in [7, 11) is 3.42. The van der Waals surface area contributed by atoms with Gasteiger partial charge in [0.1, 0.15) is 5.82 Å². The second-order valence-corrected chi connectivity index (χ2v) is 8.34. The van der Waals surface area contributed by atoms with E-state index in [1.54, 1.807) is 36.3 Å². The van der Waals surface area contributed by atoms with Gasteiger partial charge in [-0.2, -0.15) is 0 Å². The fraction of sp³-hybridized carbons (Fsp3) is 0.417. The highest BCUT2D eigenvalue weighted by Gasteiger charge is 2.29. The van der Waals surface area contributed by atoms with Crippen LogP contribution in [0.5, 0.6) is 0 Å². The lowest BCUT2D eigenvalue weighted by Gasteiger charge is -2.25. The van der Waals surface area contributed by atoms with Crippen molar-refractivity contribution >= 4 is 17.7 Å².